The van der Waals surface area contributed by atoms with Gasteiger partial charge in [-0.2, -0.15) is 0 Å². The number of halogens is 1. The van der Waals surface area contributed by atoms with Gasteiger partial charge in [0.05, 0.1) is 14.1 Å². The summed E-state index contributed by atoms with van der Waals surface area (Å²) in [6.07, 6.45) is 2.95. The second-order valence-electron chi connectivity index (χ2n) is 8.87. The van der Waals surface area contributed by atoms with E-state index in [1.165, 1.54) is 0 Å². The highest BCUT2D eigenvalue weighted by molar-refractivity contribution is 5.95. The first-order valence-corrected chi connectivity index (χ1v) is 12.0. The number of allylic oxidation sites excluding steroid dienone is 1. The largest absolute Gasteiger partial charge is 1.00 e. The number of benzene rings is 2. The fraction of sp³-hybridized carbons (Fsp3) is 0.429. The van der Waals surface area contributed by atoms with Crippen LogP contribution in [0.2, 0.25) is 0 Å². The summed E-state index contributed by atoms with van der Waals surface area (Å²) >= 11 is 0. The molecule has 35 heavy (non-hydrogen) atoms. The van der Waals surface area contributed by atoms with Crippen molar-refractivity contribution in [3.05, 3.63) is 66.2 Å². The molecule has 7 heteroatoms. The fourth-order valence-electron chi connectivity index (χ4n) is 3.68. The Morgan fingerprint density at radius 3 is 2.26 bits per heavy atom. The molecule has 6 nitrogen and oxygen atoms in total. The van der Waals surface area contributed by atoms with Gasteiger partial charge in [0.2, 0.25) is 0 Å². The summed E-state index contributed by atoms with van der Waals surface area (Å²) in [4.78, 5) is 26.3. The van der Waals surface area contributed by atoms with Gasteiger partial charge in [-0.3, -0.25) is 9.59 Å². The first kappa shape index (κ1) is 30.4. The van der Waals surface area contributed by atoms with Gasteiger partial charge in [0, 0.05) is 30.6 Å². The van der Waals surface area contributed by atoms with Gasteiger partial charge in [-0.25, -0.2) is 0 Å². The number of likely N-dealkylation sites (N-methyl/N-ethyl adjacent to an activating group) is 2. The predicted molar refractivity (Wildman–Crippen MR) is 137 cm³/mol. The van der Waals surface area contributed by atoms with E-state index in [1.54, 1.807) is 24.3 Å². The van der Waals surface area contributed by atoms with E-state index in [-0.39, 0.29) is 28.7 Å². The molecule has 2 aromatic rings. The number of rotatable bonds is 14. The molecule has 0 saturated carbocycles. The molecule has 1 amide bonds. The number of Topliss-reactive ketones (excluding diaryl/α,β-unsaturated/α-hetero) is 1. The third kappa shape index (κ3) is 9.15. The van der Waals surface area contributed by atoms with Crippen molar-refractivity contribution in [3.8, 4) is 17.2 Å². The highest BCUT2D eigenvalue weighted by Gasteiger charge is 2.23. The SMILES string of the molecule is C=CCc1cccc(Oc2ccc(C(=O)CC)cc2)c1OCC[N+](C)(C)CC(=O)N(CC)CC.[Br-]. The van der Waals surface area contributed by atoms with Crippen molar-refractivity contribution in [3.63, 3.8) is 0 Å². The molecule has 0 radical (unpaired) electrons. The molecule has 0 aliphatic carbocycles. The van der Waals surface area contributed by atoms with Crippen LogP contribution in [-0.2, 0) is 11.2 Å². The van der Waals surface area contributed by atoms with Crippen molar-refractivity contribution < 1.29 is 40.5 Å². The van der Waals surface area contributed by atoms with E-state index >= 15 is 0 Å². The lowest BCUT2D eigenvalue weighted by Gasteiger charge is -2.31. The molecule has 0 aliphatic heterocycles. The van der Waals surface area contributed by atoms with Crippen LogP contribution in [0.5, 0.6) is 17.2 Å². The molecule has 0 unspecified atom stereocenters. The highest BCUT2D eigenvalue weighted by atomic mass is 79.9. The summed E-state index contributed by atoms with van der Waals surface area (Å²) in [5.41, 5.74) is 1.65. The van der Waals surface area contributed by atoms with Crippen LogP contribution in [-0.4, -0.2) is 68.0 Å². The first-order chi connectivity index (χ1) is 16.2. The van der Waals surface area contributed by atoms with Crippen molar-refractivity contribution in [1.82, 2.24) is 4.90 Å². The number of carbonyl (C=O) groups excluding carboxylic acids is 2. The number of ether oxygens (including phenoxy) is 2. The zero-order chi connectivity index (χ0) is 25.1. The summed E-state index contributed by atoms with van der Waals surface area (Å²) in [6.45, 7) is 12.7. The van der Waals surface area contributed by atoms with Crippen molar-refractivity contribution in [2.75, 3.05) is 46.9 Å². The predicted octanol–water partition coefficient (Wildman–Crippen LogP) is 2.13. The van der Waals surface area contributed by atoms with Gasteiger partial charge in [-0.1, -0.05) is 25.1 Å². The third-order valence-corrected chi connectivity index (χ3v) is 5.77. The van der Waals surface area contributed by atoms with Crippen LogP contribution in [0, 0.1) is 0 Å². The summed E-state index contributed by atoms with van der Waals surface area (Å²) in [7, 11) is 4.08. The number of quaternary nitrogens is 1. The minimum Gasteiger partial charge on any atom is -1.00 e. The zero-order valence-electron chi connectivity index (χ0n) is 21.7. The van der Waals surface area contributed by atoms with Gasteiger partial charge in [0.15, 0.2) is 23.8 Å². The second kappa shape index (κ2) is 14.7. The van der Waals surface area contributed by atoms with Crippen LogP contribution in [0.3, 0.4) is 0 Å². The van der Waals surface area contributed by atoms with Gasteiger partial charge in [0.25, 0.3) is 5.91 Å². The monoisotopic (exact) mass is 546 g/mol. The number of para-hydroxylation sites is 1. The van der Waals surface area contributed by atoms with E-state index in [4.69, 9.17) is 9.47 Å². The topological polar surface area (TPSA) is 55.8 Å². The molecular formula is C28H39BrN2O4. The minimum absolute atomic E-state index is 0. The maximum atomic E-state index is 12.6. The lowest BCUT2D eigenvalue weighted by molar-refractivity contribution is -0.882. The molecule has 0 heterocycles. The number of hydrogen-bond acceptors (Lipinski definition) is 4. The molecule has 0 saturated heterocycles. The highest BCUT2D eigenvalue weighted by Crippen LogP contribution is 2.35. The molecular weight excluding hydrogens is 508 g/mol. The molecule has 192 valence electrons. The normalized spacial score (nSPS) is 10.8. The molecule has 0 bridgehead atoms. The van der Waals surface area contributed by atoms with Crippen molar-refractivity contribution in [2.24, 2.45) is 0 Å². The number of amides is 1. The molecule has 0 aliphatic rings. The smallest absolute Gasteiger partial charge is 0.277 e. The minimum atomic E-state index is 0. The number of nitrogens with zero attached hydrogens (tertiary/aromatic N) is 2. The summed E-state index contributed by atoms with van der Waals surface area (Å²) in [5.74, 6) is 2.17. The molecule has 0 fully saturated rings. The van der Waals surface area contributed by atoms with Crippen LogP contribution < -0.4 is 26.5 Å². The van der Waals surface area contributed by atoms with E-state index < -0.39 is 0 Å². The Morgan fingerprint density at radius 1 is 1.03 bits per heavy atom. The number of ketones is 1. The maximum absolute atomic E-state index is 12.6. The Kier molecular flexibility index (Phi) is 12.8. The van der Waals surface area contributed by atoms with E-state index in [1.807, 2.05) is 64.0 Å². The van der Waals surface area contributed by atoms with Crippen LogP contribution in [0.4, 0.5) is 0 Å². The zero-order valence-corrected chi connectivity index (χ0v) is 23.3. The van der Waals surface area contributed by atoms with Gasteiger partial charge in [-0.05, 0) is 50.6 Å². The summed E-state index contributed by atoms with van der Waals surface area (Å²) in [5, 5.41) is 0. The molecule has 0 N–H and O–H groups in total. The van der Waals surface area contributed by atoms with Crippen LogP contribution in [0.15, 0.2) is 55.1 Å². The molecule has 0 spiro atoms. The van der Waals surface area contributed by atoms with E-state index in [0.29, 0.717) is 59.8 Å². The Bertz CT molecular complexity index is 969. The number of carbonyl (C=O) groups is 2. The molecule has 2 aromatic carbocycles. The molecule has 0 atom stereocenters. The van der Waals surface area contributed by atoms with Crippen LogP contribution >= 0.6 is 0 Å². The number of hydrogen-bond donors (Lipinski definition) is 0. The van der Waals surface area contributed by atoms with Gasteiger partial charge in [-0.15, -0.1) is 6.58 Å². The van der Waals surface area contributed by atoms with E-state index in [0.717, 1.165) is 18.7 Å². The van der Waals surface area contributed by atoms with Gasteiger partial charge < -0.3 is 35.8 Å². The lowest BCUT2D eigenvalue weighted by Crippen LogP contribution is -3.00. The van der Waals surface area contributed by atoms with E-state index in [2.05, 4.69) is 6.58 Å². The fourth-order valence-corrected chi connectivity index (χ4v) is 3.68. The Morgan fingerprint density at radius 2 is 1.69 bits per heavy atom. The van der Waals surface area contributed by atoms with Crippen molar-refractivity contribution in [2.45, 2.75) is 33.6 Å². The summed E-state index contributed by atoms with van der Waals surface area (Å²) in [6, 6.07) is 13.0. The average molecular weight is 548 g/mol. The Hall–Kier alpha value is -2.64. The van der Waals surface area contributed by atoms with Crippen LogP contribution in [0.1, 0.15) is 43.1 Å². The van der Waals surface area contributed by atoms with E-state index in [9.17, 15) is 9.59 Å². The van der Waals surface area contributed by atoms with Crippen molar-refractivity contribution >= 4 is 11.7 Å². The molecule has 2 rings (SSSR count). The second-order valence-corrected chi connectivity index (χ2v) is 8.87. The average Bonchev–Trinajstić information content (AvgIpc) is 2.81. The molecule has 0 aromatic heterocycles. The summed E-state index contributed by atoms with van der Waals surface area (Å²) < 4.78 is 12.9. The standard InChI is InChI=1S/C28H39N2O4.BrH/c1-7-12-23-13-11-14-26(34-24-17-15-22(16-18-24)25(31)8-2)28(23)33-20-19-30(5,6)21-27(32)29(9-3)10-4;/h7,11,13-18H,1,8-10,12,19-21H2,2-6H3;1H/q+1;/p-1. The third-order valence-electron chi connectivity index (χ3n) is 5.77. The lowest BCUT2D eigenvalue weighted by atomic mass is 10.1. The maximum Gasteiger partial charge on any atom is 0.277 e. The van der Waals surface area contributed by atoms with Crippen molar-refractivity contribution in [1.29, 1.82) is 0 Å². The van der Waals surface area contributed by atoms with Gasteiger partial charge >= 0.3 is 0 Å². The Labute approximate surface area is 220 Å². The first-order valence-electron chi connectivity index (χ1n) is 12.0. The van der Waals surface area contributed by atoms with Gasteiger partial charge in [0.1, 0.15) is 18.9 Å². The Balaban J connectivity index is 0.00000612. The van der Waals surface area contributed by atoms with Crippen LogP contribution in [0.25, 0.3) is 0 Å². The quantitative estimate of drug-likeness (QED) is 0.207.